The number of ether oxygens (including phenoxy) is 1. The highest BCUT2D eigenvalue weighted by atomic mass is 32.1. The number of rotatable bonds is 5. The minimum absolute atomic E-state index is 0.0882. The third-order valence-corrected chi connectivity index (χ3v) is 6.88. The average molecular weight is 427 g/mol. The molecule has 2 aliphatic rings. The van der Waals surface area contributed by atoms with Gasteiger partial charge in [0, 0.05) is 44.3 Å². The van der Waals surface area contributed by atoms with E-state index in [0.29, 0.717) is 25.9 Å². The Morgan fingerprint density at radius 3 is 2.70 bits per heavy atom. The molecule has 2 amide bonds. The van der Waals surface area contributed by atoms with E-state index in [2.05, 4.69) is 11.4 Å². The van der Waals surface area contributed by atoms with Crippen LogP contribution in [0, 0.1) is 0 Å². The van der Waals surface area contributed by atoms with Gasteiger partial charge in [0.2, 0.25) is 11.8 Å². The summed E-state index contributed by atoms with van der Waals surface area (Å²) in [6, 6.07) is 10.2. The van der Waals surface area contributed by atoms with E-state index in [4.69, 9.17) is 4.74 Å². The van der Waals surface area contributed by atoms with Gasteiger partial charge in [-0.15, -0.1) is 0 Å². The van der Waals surface area contributed by atoms with Crippen LogP contribution in [-0.2, 0) is 16.0 Å². The van der Waals surface area contributed by atoms with Crippen LogP contribution in [0.1, 0.15) is 56.6 Å². The topological polar surface area (TPSA) is 58.6 Å². The fourth-order valence-electron chi connectivity index (χ4n) is 4.68. The van der Waals surface area contributed by atoms with E-state index in [0.717, 1.165) is 36.1 Å². The Bertz CT molecular complexity index is 886. The molecule has 1 saturated heterocycles. The van der Waals surface area contributed by atoms with Crippen LogP contribution in [0.15, 0.2) is 41.1 Å². The van der Waals surface area contributed by atoms with E-state index in [1.165, 1.54) is 0 Å². The Morgan fingerprint density at radius 1 is 1.23 bits per heavy atom. The molecule has 30 heavy (non-hydrogen) atoms. The highest BCUT2D eigenvalue weighted by Crippen LogP contribution is 2.46. The van der Waals surface area contributed by atoms with Gasteiger partial charge < -0.3 is 15.0 Å². The van der Waals surface area contributed by atoms with Crippen molar-refractivity contribution in [1.82, 2.24) is 10.2 Å². The number of benzene rings is 1. The molecule has 5 nitrogen and oxygen atoms in total. The van der Waals surface area contributed by atoms with Gasteiger partial charge in [-0.1, -0.05) is 18.2 Å². The minimum Gasteiger partial charge on any atom is -0.487 e. The molecule has 0 saturated carbocycles. The molecule has 0 bridgehead atoms. The summed E-state index contributed by atoms with van der Waals surface area (Å²) in [6.07, 6.45) is 3.37. The van der Waals surface area contributed by atoms with E-state index >= 15 is 0 Å². The molecule has 0 unspecified atom stereocenters. The number of hydrogen-bond acceptors (Lipinski definition) is 4. The number of piperidine rings is 1. The monoisotopic (exact) mass is 426 g/mol. The first-order valence-electron chi connectivity index (χ1n) is 10.8. The lowest BCUT2D eigenvalue weighted by Gasteiger charge is -2.47. The summed E-state index contributed by atoms with van der Waals surface area (Å²) in [4.78, 5) is 27.1. The number of para-hydroxylation sites is 1. The van der Waals surface area contributed by atoms with E-state index < -0.39 is 0 Å². The number of carbonyl (C=O) groups excluding carboxylic acids is 2. The maximum absolute atomic E-state index is 12.7. The SMILES string of the molecule is CC(C)NC(=O)C[C@@H]1CC2(CCN(C(=O)Cc3ccsc3)CC2)Oc2ccccc21. The van der Waals surface area contributed by atoms with Gasteiger partial charge in [-0.05, 0) is 54.3 Å². The third kappa shape index (κ3) is 4.69. The largest absolute Gasteiger partial charge is 0.487 e. The Labute approximate surface area is 182 Å². The number of likely N-dealkylation sites (tertiary alicyclic amines) is 1. The maximum Gasteiger partial charge on any atom is 0.227 e. The van der Waals surface area contributed by atoms with Crippen molar-refractivity contribution in [3.63, 3.8) is 0 Å². The summed E-state index contributed by atoms with van der Waals surface area (Å²) in [5.41, 5.74) is 1.92. The van der Waals surface area contributed by atoms with Crippen molar-refractivity contribution in [2.24, 2.45) is 0 Å². The molecule has 0 aliphatic carbocycles. The third-order valence-electron chi connectivity index (χ3n) is 6.15. The maximum atomic E-state index is 12.7. The van der Waals surface area contributed by atoms with Crippen LogP contribution in [0.5, 0.6) is 5.75 Å². The van der Waals surface area contributed by atoms with Crippen LogP contribution in [0.3, 0.4) is 0 Å². The molecular formula is C24H30N2O3S. The molecule has 1 atom stereocenters. The molecule has 1 aromatic heterocycles. The van der Waals surface area contributed by atoms with Crippen LogP contribution in [-0.4, -0.2) is 41.4 Å². The molecule has 4 rings (SSSR count). The molecule has 6 heteroatoms. The number of fused-ring (bicyclic) bond motifs is 1. The molecule has 1 N–H and O–H groups in total. The van der Waals surface area contributed by atoms with E-state index in [9.17, 15) is 9.59 Å². The van der Waals surface area contributed by atoms with Crippen LogP contribution in [0.25, 0.3) is 0 Å². The van der Waals surface area contributed by atoms with Gasteiger partial charge in [-0.2, -0.15) is 11.3 Å². The molecule has 1 spiro atoms. The molecule has 1 fully saturated rings. The average Bonchev–Trinajstić information content (AvgIpc) is 3.21. The molecule has 1 aromatic carbocycles. The Morgan fingerprint density at radius 2 is 2.00 bits per heavy atom. The van der Waals surface area contributed by atoms with Crippen LogP contribution in [0.4, 0.5) is 0 Å². The van der Waals surface area contributed by atoms with E-state index in [1.54, 1.807) is 11.3 Å². The molecule has 2 aliphatic heterocycles. The zero-order valence-electron chi connectivity index (χ0n) is 17.7. The molecule has 0 radical (unpaired) electrons. The van der Waals surface area contributed by atoms with Crippen molar-refractivity contribution in [3.8, 4) is 5.75 Å². The predicted octanol–water partition coefficient (Wildman–Crippen LogP) is 4.13. The van der Waals surface area contributed by atoms with E-state index in [-0.39, 0.29) is 29.4 Å². The van der Waals surface area contributed by atoms with Crippen LogP contribution < -0.4 is 10.1 Å². The second-order valence-electron chi connectivity index (χ2n) is 8.84. The van der Waals surface area contributed by atoms with Crippen molar-refractivity contribution >= 4 is 23.2 Å². The predicted molar refractivity (Wildman–Crippen MR) is 119 cm³/mol. The van der Waals surface area contributed by atoms with Gasteiger partial charge in [-0.25, -0.2) is 0 Å². The number of carbonyl (C=O) groups is 2. The highest BCUT2D eigenvalue weighted by Gasteiger charge is 2.44. The fraction of sp³-hybridized carbons (Fsp3) is 0.500. The Balaban J connectivity index is 1.44. The van der Waals surface area contributed by atoms with Crippen molar-refractivity contribution in [3.05, 3.63) is 52.2 Å². The Kier molecular flexibility index (Phi) is 6.14. The lowest BCUT2D eigenvalue weighted by Crippen LogP contribution is -2.52. The lowest BCUT2D eigenvalue weighted by atomic mass is 9.76. The van der Waals surface area contributed by atoms with Crippen molar-refractivity contribution in [2.45, 2.75) is 63.5 Å². The Hall–Kier alpha value is -2.34. The first-order valence-corrected chi connectivity index (χ1v) is 11.7. The number of hydrogen-bond donors (Lipinski definition) is 1. The van der Waals surface area contributed by atoms with Gasteiger partial charge >= 0.3 is 0 Å². The lowest BCUT2D eigenvalue weighted by molar-refractivity contribution is -0.134. The van der Waals surface area contributed by atoms with Gasteiger partial charge in [0.05, 0.1) is 6.42 Å². The van der Waals surface area contributed by atoms with Gasteiger partial charge in [-0.3, -0.25) is 9.59 Å². The summed E-state index contributed by atoms with van der Waals surface area (Å²) < 4.78 is 6.52. The summed E-state index contributed by atoms with van der Waals surface area (Å²) in [5.74, 6) is 1.31. The summed E-state index contributed by atoms with van der Waals surface area (Å²) in [6.45, 7) is 5.38. The van der Waals surface area contributed by atoms with Gasteiger partial charge in [0.25, 0.3) is 0 Å². The normalized spacial score (nSPS) is 20.0. The molecular weight excluding hydrogens is 396 g/mol. The fourth-order valence-corrected chi connectivity index (χ4v) is 5.35. The summed E-state index contributed by atoms with van der Waals surface area (Å²) in [7, 11) is 0. The zero-order valence-corrected chi connectivity index (χ0v) is 18.5. The first kappa shape index (κ1) is 20.9. The quantitative estimate of drug-likeness (QED) is 0.782. The number of nitrogens with one attached hydrogen (secondary N) is 1. The number of thiophene rings is 1. The smallest absolute Gasteiger partial charge is 0.227 e. The minimum atomic E-state index is -0.295. The van der Waals surface area contributed by atoms with Crippen molar-refractivity contribution in [1.29, 1.82) is 0 Å². The van der Waals surface area contributed by atoms with Crippen molar-refractivity contribution < 1.29 is 14.3 Å². The second-order valence-corrected chi connectivity index (χ2v) is 9.62. The second kappa shape index (κ2) is 8.80. The molecule has 3 heterocycles. The molecule has 160 valence electrons. The van der Waals surface area contributed by atoms with Crippen molar-refractivity contribution in [2.75, 3.05) is 13.1 Å². The standard InChI is InChI=1S/C24H30N2O3S/c1-17(2)25-22(27)14-19-15-24(29-21-6-4-3-5-20(19)21)8-10-26(11-9-24)23(28)13-18-7-12-30-16-18/h3-7,12,16-17,19H,8-11,13-15H2,1-2H3,(H,25,27)/t19-/m1/s1. The first-order chi connectivity index (χ1) is 14.4. The highest BCUT2D eigenvalue weighted by molar-refractivity contribution is 7.08. The number of amides is 2. The summed E-state index contributed by atoms with van der Waals surface area (Å²) in [5, 5.41) is 7.07. The zero-order chi connectivity index (χ0) is 21.1. The van der Waals surface area contributed by atoms with Crippen LogP contribution in [0.2, 0.25) is 0 Å². The van der Waals surface area contributed by atoms with Crippen LogP contribution >= 0.6 is 11.3 Å². The molecule has 2 aromatic rings. The van der Waals surface area contributed by atoms with Gasteiger partial charge in [0.15, 0.2) is 0 Å². The van der Waals surface area contributed by atoms with E-state index in [1.807, 2.05) is 53.8 Å². The number of nitrogens with zero attached hydrogens (tertiary/aromatic N) is 1. The van der Waals surface area contributed by atoms with Gasteiger partial charge in [0.1, 0.15) is 11.4 Å². The summed E-state index contributed by atoms with van der Waals surface area (Å²) >= 11 is 1.62.